The third-order valence-electron chi connectivity index (χ3n) is 1.43. The van der Waals surface area contributed by atoms with Gasteiger partial charge in [0.2, 0.25) is 0 Å². The van der Waals surface area contributed by atoms with Crippen molar-refractivity contribution >= 4 is 24.2 Å². The minimum atomic E-state index is 0.317. The summed E-state index contributed by atoms with van der Waals surface area (Å²) in [5.41, 5.74) is 11.6. The van der Waals surface area contributed by atoms with Gasteiger partial charge in [-0.2, -0.15) is 0 Å². The zero-order valence-electron chi connectivity index (χ0n) is 9.01. The Bertz CT molecular complexity index is 331. The molecule has 4 N–H and O–H groups in total. The molecule has 1 aromatic rings. The number of nitrogens with two attached hydrogens (primary N) is 2. The van der Waals surface area contributed by atoms with E-state index in [0.717, 1.165) is 5.69 Å². The van der Waals surface area contributed by atoms with Gasteiger partial charge < -0.3 is 11.5 Å². The van der Waals surface area contributed by atoms with Gasteiger partial charge in [0.1, 0.15) is 5.84 Å². The molecule has 82 valence electrons. The summed E-state index contributed by atoms with van der Waals surface area (Å²) in [4.78, 5) is 4.58. The van der Waals surface area contributed by atoms with E-state index in [9.17, 15) is 0 Å². The van der Waals surface area contributed by atoms with Crippen molar-refractivity contribution in [3.05, 3.63) is 41.4 Å². The van der Waals surface area contributed by atoms with Crippen LogP contribution in [0.3, 0.4) is 0 Å². The van der Waals surface area contributed by atoms with Crippen molar-refractivity contribution in [2.45, 2.75) is 13.8 Å². The van der Waals surface area contributed by atoms with Crippen LogP contribution in [0.15, 0.2) is 46.4 Å². The van der Waals surface area contributed by atoms with E-state index in [1.165, 1.54) is 6.20 Å². The van der Waals surface area contributed by atoms with Gasteiger partial charge in [-0.25, -0.2) is 4.99 Å². The van der Waals surface area contributed by atoms with Crippen LogP contribution in [-0.2, 0) is 0 Å². The Hall–Kier alpha value is -1.42. The summed E-state index contributed by atoms with van der Waals surface area (Å²) >= 11 is 4.04. The third kappa shape index (κ3) is 5.12. The second-order valence-corrected chi connectivity index (χ2v) is 2.87. The first-order valence-corrected chi connectivity index (χ1v) is 5.19. The quantitative estimate of drug-likeness (QED) is 0.409. The zero-order chi connectivity index (χ0) is 11.7. The van der Waals surface area contributed by atoms with Gasteiger partial charge in [-0.3, -0.25) is 0 Å². The van der Waals surface area contributed by atoms with Crippen LogP contribution in [-0.4, -0.2) is 5.84 Å². The summed E-state index contributed by atoms with van der Waals surface area (Å²) in [6, 6.07) is 9.39. The number of amidine groups is 1. The minimum absolute atomic E-state index is 0.317. The first kappa shape index (κ1) is 13.6. The molecule has 0 amide bonds. The number of rotatable bonds is 2. The Balaban J connectivity index is 0.000000921. The molecule has 0 aromatic heterocycles. The van der Waals surface area contributed by atoms with Crippen LogP contribution < -0.4 is 11.5 Å². The number of hydrogen-bond donors (Lipinski definition) is 3. The highest BCUT2D eigenvalue weighted by atomic mass is 32.1. The fourth-order valence-electron chi connectivity index (χ4n) is 0.784. The predicted octanol–water partition coefficient (Wildman–Crippen LogP) is 2.43. The van der Waals surface area contributed by atoms with Gasteiger partial charge in [-0.05, 0) is 12.1 Å². The second kappa shape index (κ2) is 7.94. The fourth-order valence-corrected chi connectivity index (χ4v) is 0.834. The number of thiol groups is 1. The molecule has 0 unspecified atom stereocenters. The molecule has 0 saturated carbocycles. The molecule has 3 nitrogen and oxygen atoms in total. The van der Waals surface area contributed by atoms with Crippen molar-refractivity contribution < 1.29 is 0 Å². The molecule has 0 fully saturated rings. The van der Waals surface area contributed by atoms with E-state index >= 15 is 0 Å². The maximum atomic E-state index is 5.59. The highest BCUT2D eigenvalue weighted by Gasteiger charge is 1.95. The van der Waals surface area contributed by atoms with E-state index in [4.69, 9.17) is 11.5 Å². The Labute approximate surface area is 96.3 Å². The maximum absolute atomic E-state index is 5.59. The van der Waals surface area contributed by atoms with Crippen molar-refractivity contribution in [1.29, 1.82) is 0 Å². The van der Waals surface area contributed by atoms with Crippen molar-refractivity contribution in [2.24, 2.45) is 16.5 Å². The van der Waals surface area contributed by atoms with Gasteiger partial charge in [0.05, 0.1) is 10.6 Å². The molecule has 0 atom stereocenters. The van der Waals surface area contributed by atoms with Crippen molar-refractivity contribution in [1.82, 2.24) is 0 Å². The van der Waals surface area contributed by atoms with E-state index in [1.807, 2.05) is 44.2 Å². The SMILES string of the molecule is CC.N/C=C(/S)C(N)=Nc1ccccc1. The molecular weight excluding hydrogens is 206 g/mol. The molecule has 0 radical (unpaired) electrons. The topological polar surface area (TPSA) is 64.4 Å². The highest BCUT2D eigenvalue weighted by Crippen LogP contribution is 2.11. The van der Waals surface area contributed by atoms with Crippen LogP contribution in [0.25, 0.3) is 0 Å². The molecule has 1 rings (SSSR count). The van der Waals surface area contributed by atoms with Crippen LogP contribution in [0.5, 0.6) is 0 Å². The van der Waals surface area contributed by atoms with Crippen LogP contribution >= 0.6 is 12.6 Å². The van der Waals surface area contributed by atoms with E-state index < -0.39 is 0 Å². The van der Waals surface area contributed by atoms with Crippen molar-refractivity contribution in [3.63, 3.8) is 0 Å². The summed E-state index contributed by atoms with van der Waals surface area (Å²) in [6.07, 6.45) is 1.31. The average molecular weight is 223 g/mol. The molecule has 0 heterocycles. The van der Waals surface area contributed by atoms with Crippen LogP contribution in [0, 0.1) is 0 Å². The van der Waals surface area contributed by atoms with Gasteiger partial charge in [0.15, 0.2) is 0 Å². The zero-order valence-corrected chi connectivity index (χ0v) is 9.91. The summed E-state index contributed by atoms with van der Waals surface area (Å²) in [5.74, 6) is 0.317. The van der Waals surface area contributed by atoms with E-state index in [1.54, 1.807) is 0 Å². The number of nitrogens with zero attached hydrogens (tertiary/aromatic N) is 1. The number of aliphatic imine (C=N–C) groups is 1. The van der Waals surface area contributed by atoms with Crippen LogP contribution in [0.2, 0.25) is 0 Å². The normalized spacial score (nSPS) is 11.7. The Kier molecular flexibility index (Phi) is 7.18. The molecule has 0 bridgehead atoms. The molecule has 4 heteroatoms. The van der Waals surface area contributed by atoms with Crippen LogP contribution in [0.4, 0.5) is 5.69 Å². The molecule has 0 saturated heterocycles. The van der Waals surface area contributed by atoms with Gasteiger partial charge in [-0.1, -0.05) is 32.0 Å². The van der Waals surface area contributed by atoms with Gasteiger partial charge in [0, 0.05) is 6.20 Å². The number of para-hydroxylation sites is 1. The van der Waals surface area contributed by atoms with Crippen molar-refractivity contribution in [3.8, 4) is 0 Å². The molecule has 0 spiro atoms. The Morgan fingerprint density at radius 1 is 1.27 bits per heavy atom. The maximum Gasteiger partial charge on any atom is 0.138 e. The monoisotopic (exact) mass is 223 g/mol. The lowest BCUT2D eigenvalue weighted by Crippen LogP contribution is -2.12. The van der Waals surface area contributed by atoms with E-state index in [-0.39, 0.29) is 0 Å². The summed E-state index contributed by atoms with van der Waals surface area (Å²) in [6.45, 7) is 4.00. The summed E-state index contributed by atoms with van der Waals surface area (Å²) in [7, 11) is 0. The average Bonchev–Trinajstić information content (AvgIpc) is 2.32. The molecule has 0 aliphatic rings. The minimum Gasteiger partial charge on any atom is -0.404 e. The molecule has 0 aliphatic carbocycles. The number of benzene rings is 1. The first-order valence-electron chi connectivity index (χ1n) is 4.74. The fraction of sp³-hybridized carbons (Fsp3) is 0.182. The molecule has 15 heavy (non-hydrogen) atoms. The lowest BCUT2D eigenvalue weighted by molar-refractivity contribution is 1.47. The van der Waals surface area contributed by atoms with Gasteiger partial charge >= 0.3 is 0 Å². The van der Waals surface area contributed by atoms with Gasteiger partial charge in [-0.15, -0.1) is 12.6 Å². The largest absolute Gasteiger partial charge is 0.404 e. The summed E-state index contributed by atoms with van der Waals surface area (Å²) < 4.78 is 0. The first-order chi connectivity index (χ1) is 7.24. The Morgan fingerprint density at radius 2 is 1.80 bits per heavy atom. The lowest BCUT2D eigenvalue weighted by Gasteiger charge is -1.98. The molecule has 1 aromatic carbocycles. The van der Waals surface area contributed by atoms with E-state index in [0.29, 0.717) is 10.7 Å². The standard InChI is InChI=1S/C9H11N3S.C2H6/c10-6-8(13)9(11)12-7-4-2-1-3-5-7;1-2/h1-6,13H,10H2,(H2,11,12);1-2H3/b8-6+;. The summed E-state index contributed by atoms with van der Waals surface area (Å²) in [5, 5.41) is 0. The molecular formula is C11H17N3S. The van der Waals surface area contributed by atoms with E-state index in [2.05, 4.69) is 17.6 Å². The predicted molar refractivity (Wildman–Crippen MR) is 70.3 cm³/mol. The van der Waals surface area contributed by atoms with Gasteiger partial charge in [0.25, 0.3) is 0 Å². The van der Waals surface area contributed by atoms with Crippen molar-refractivity contribution in [2.75, 3.05) is 0 Å². The number of hydrogen-bond acceptors (Lipinski definition) is 3. The van der Waals surface area contributed by atoms with Crippen LogP contribution in [0.1, 0.15) is 13.8 Å². The Morgan fingerprint density at radius 3 is 2.27 bits per heavy atom. The highest BCUT2D eigenvalue weighted by molar-refractivity contribution is 7.85. The third-order valence-corrected chi connectivity index (χ3v) is 1.80. The lowest BCUT2D eigenvalue weighted by atomic mass is 10.3. The molecule has 0 aliphatic heterocycles. The second-order valence-electron chi connectivity index (χ2n) is 2.38. The smallest absolute Gasteiger partial charge is 0.138 e.